The Balaban J connectivity index is 2.28. The molecule has 3 rings (SSSR count). The number of rotatable bonds is 2. The van der Waals surface area contributed by atoms with Crippen LogP contribution in [0.3, 0.4) is 0 Å². The van der Waals surface area contributed by atoms with Gasteiger partial charge in [-0.25, -0.2) is 9.66 Å². The van der Waals surface area contributed by atoms with Crippen LogP contribution >= 0.6 is 0 Å². The number of hydrogen-bond donors (Lipinski definition) is 0. The molecule has 1 atom stereocenters. The van der Waals surface area contributed by atoms with Gasteiger partial charge in [0.1, 0.15) is 11.4 Å². The van der Waals surface area contributed by atoms with E-state index >= 15 is 0 Å². The van der Waals surface area contributed by atoms with E-state index in [2.05, 4.69) is 10.9 Å². The molecule has 1 fully saturated rings. The van der Waals surface area contributed by atoms with Gasteiger partial charge in [-0.1, -0.05) is 25.0 Å². The maximum absolute atomic E-state index is 12.6. The first-order chi connectivity index (χ1) is 9.10. The van der Waals surface area contributed by atoms with Gasteiger partial charge in [-0.3, -0.25) is 9.80 Å². The van der Waals surface area contributed by atoms with Gasteiger partial charge in [0.15, 0.2) is 0 Å². The maximum Gasteiger partial charge on any atom is 0.280 e. The summed E-state index contributed by atoms with van der Waals surface area (Å²) in [5.74, 6) is 3.48. The molecule has 4 heteroatoms. The number of nitrogens with zero attached hydrogens (tertiary/aromatic N) is 3. The third-order valence-corrected chi connectivity index (χ3v) is 3.61. The highest BCUT2D eigenvalue weighted by atomic mass is 16.1. The number of benzene rings is 1. The van der Waals surface area contributed by atoms with E-state index in [0.717, 1.165) is 11.3 Å². The van der Waals surface area contributed by atoms with Crippen LogP contribution < -0.4 is 10.6 Å². The van der Waals surface area contributed by atoms with Crippen LogP contribution in [0.15, 0.2) is 29.1 Å². The summed E-state index contributed by atoms with van der Waals surface area (Å²) in [5, 5.41) is 2.53. The van der Waals surface area contributed by atoms with Crippen LogP contribution in [0.5, 0.6) is 0 Å². The molecule has 0 radical (unpaired) electrons. The van der Waals surface area contributed by atoms with E-state index in [4.69, 9.17) is 6.42 Å². The average molecular weight is 253 g/mol. The molecule has 96 valence electrons. The van der Waals surface area contributed by atoms with E-state index in [0.29, 0.717) is 18.4 Å². The molecule has 1 unspecified atom stereocenters. The van der Waals surface area contributed by atoms with Crippen molar-refractivity contribution in [3.8, 4) is 12.3 Å². The molecule has 1 aromatic carbocycles. The first-order valence-corrected chi connectivity index (χ1v) is 6.37. The lowest BCUT2D eigenvalue weighted by molar-refractivity contribution is 0.667. The van der Waals surface area contributed by atoms with Gasteiger partial charge >= 0.3 is 0 Å². The molecule has 0 saturated carbocycles. The van der Waals surface area contributed by atoms with Crippen LogP contribution in [0, 0.1) is 12.3 Å². The molecular weight excluding hydrogens is 238 g/mol. The zero-order valence-electron chi connectivity index (χ0n) is 11.1. The molecule has 1 aliphatic heterocycles. The first-order valence-electron chi connectivity index (χ1n) is 6.37. The van der Waals surface area contributed by atoms with Gasteiger partial charge < -0.3 is 0 Å². The Morgan fingerprint density at radius 1 is 1.47 bits per heavy atom. The second-order valence-electron chi connectivity index (χ2n) is 4.99. The molecule has 0 bridgehead atoms. The second kappa shape index (κ2) is 3.86. The van der Waals surface area contributed by atoms with Gasteiger partial charge in [0.25, 0.3) is 5.56 Å². The fourth-order valence-corrected chi connectivity index (χ4v) is 2.32. The standard InChI is InChI=1S/C15H15N3O/c1-4-13-16-12-9-7-6-8-11(12)14(19)18(13)17-10-15(17,3)5-2/h2,6-9H,4,10H2,1,3H3. The van der Waals surface area contributed by atoms with Crippen molar-refractivity contribution in [3.63, 3.8) is 0 Å². The molecule has 1 aliphatic rings. The van der Waals surface area contributed by atoms with Crippen LogP contribution in [-0.4, -0.2) is 21.7 Å². The minimum Gasteiger partial charge on any atom is -0.285 e. The zero-order chi connectivity index (χ0) is 13.6. The fraction of sp³-hybridized carbons (Fsp3) is 0.333. The summed E-state index contributed by atoms with van der Waals surface area (Å²) < 4.78 is 1.64. The number of hydrogen-bond acceptors (Lipinski definition) is 3. The molecule has 1 aromatic heterocycles. The first kappa shape index (κ1) is 11.8. The highest BCUT2D eigenvalue weighted by molar-refractivity contribution is 5.77. The van der Waals surface area contributed by atoms with Gasteiger partial charge in [0.05, 0.1) is 17.4 Å². The number of aromatic nitrogens is 2. The van der Waals surface area contributed by atoms with Gasteiger partial charge in [0.2, 0.25) is 0 Å². The molecule has 2 heterocycles. The van der Waals surface area contributed by atoms with E-state index in [1.807, 2.05) is 37.1 Å². The number of aryl methyl sites for hydroxylation is 1. The quantitative estimate of drug-likeness (QED) is 0.598. The summed E-state index contributed by atoms with van der Waals surface area (Å²) in [7, 11) is 0. The average Bonchev–Trinajstić information content (AvgIpc) is 3.11. The van der Waals surface area contributed by atoms with Gasteiger partial charge in [0, 0.05) is 6.42 Å². The van der Waals surface area contributed by atoms with Gasteiger partial charge in [-0.2, -0.15) is 0 Å². The number of fused-ring (bicyclic) bond motifs is 1. The molecule has 2 aromatic rings. The zero-order valence-corrected chi connectivity index (χ0v) is 11.1. The fourth-order valence-electron chi connectivity index (χ4n) is 2.32. The molecule has 0 spiro atoms. The third-order valence-electron chi connectivity index (χ3n) is 3.61. The minimum absolute atomic E-state index is 0.0403. The normalized spacial score (nSPS) is 21.4. The van der Waals surface area contributed by atoms with Crippen molar-refractivity contribution in [2.24, 2.45) is 0 Å². The van der Waals surface area contributed by atoms with Crippen molar-refractivity contribution < 1.29 is 0 Å². The van der Waals surface area contributed by atoms with E-state index in [9.17, 15) is 4.79 Å². The predicted molar refractivity (Wildman–Crippen MR) is 75.7 cm³/mol. The molecule has 19 heavy (non-hydrogen) atoms. The second-order valence-corrected chi connectivity index (χ2v) is 4.99. The van der Waals surface area contributed by atoms with Crippen LogP contribution in [0.25, 0.3) is 10.9 Å². The largest absolute Gasteiger partial charge is 0.285 e. The van der Waals surface area contributed by atoms with Crippen molar-refractivity contribution in [2.75, 3.05) is 11.6 Å². The van der Waals surface area contributed by atoms with Crippen LogP contribution in [0.2, 0.25) is 0 Å². The van der Waals surface area contributed by atoms with Gasteiger partial charge in [-0.05, 0) is 19.1 Å². The van der Waals surface area contributed by atoms with Crippen molar-refractivity contribution >= 4 is 10.9 Å². The lowest BCUT2D eigenvalue weighted by atomic mass is 10.2. The number of para-hydroxylation sites is 1. The predicted octanol–water partition coefficient (Wildman–Crippen LogP) is 1.30. The summed E-state index contributed by atoms with van der Waals surface area (Å²) >= 11 is 0. The van der Waals surface area contributed by atoms with Crippen molar-refractivity contribution in [1.82, 2.24) is 9.66 Å². The summed E-state index contributed by atoms with van der Waals surface area (Å²) in [4.78, 5) is 17.2. The molecular formula is C15H15N3O. The van der Waals surface area contributed by atoms with E-state index in [1.54, 1.807) is 10.7 Å². The smallest absolute Gasteiger partial charge is 0.280 e. The lowest BCUT2D eigenvalue weighted by Crippen LogP contribution is -2.36. The molecule has 4 nitrogen and oxygen atoms in total. The Bertz CT molecular complexity index is 756. The third kappa shape index (κ3) is 1.62. The van der Waals surface area contributed by atoms with Gasteiger partial charge in [-0.15, -0.1) is 6.42 Å². The Morgan fingerprint density at radius 3 is 2.84 bits per heavy atom. The summed E-state index contributed by atoms with van der Waals surface area (Å²) in [5.41, 5.74) is 0.337. The molecule has 0 N–H and O–H groups in total. The summed E-state index contributed by atoms with van der Waals surface area (Å²) in [6.45, 7) is 4.63. The highest BCUT2D eigenvalue weighted by Crippen LogP contribution is 2.28. The van der Waals surface area contributed by atoms with E-state index in [1.165, 1.54) is 0 Å². The summed E-state index contributed by atoms with van der Waals surface area (Å²) in [6, 6.07) is 7.41. The Labute approximate surface area is 111 Å². The topological polar surface area (TPSA) is 37.9 Å². The molecule has 0 aliphatic carbocycles. The highest BCUT2D eigenvalue weighted by Gasteiger charge is 2.48. The van der Waals surface area contributed by atoms with Crippen molar-refractivity contribution in [1.29, 1.82) is 0 Å². The maximum atomic E-state index is 12.6. The minimum atomic E-state index is -0.363. The van der Waals surface area contributed by atoms with E-state index in [-0.39, 0.29) is 11.1 Å². The molecule has 0 amide bonds. The van der Waals surface area contributed by atoms with Crippen LogP contribution in [0.4, 0.5) is 0 Å². The van der Waals surface area contributed by atoms with Crippen molar-refractivity contribution in [2.45, 2.75) is 25.8 Å². The number of terminal acetylenes is 1. The Morgan fingerprint density at radius 2 is 2.21 bits per heavy atom. The monoisotopic (exact) mass is 253 g/mol. The van der Waals surface area contributed by atoms with Crippen molar-refractivity contribution in [3.05, 3.63) is 40.4 Å². The SMILES string of the molecule is C#CC1(C)CN1n1c(CC)nc2ccccc2c1=O. The van der Waals surface area contributed by atoms with Crippen LogP contribution in [-0.2, 0) is 6.42 Å². The van der Waals surface area contributed by atoms with Crippen LogP contribution in [0.1, 0.15) is 19.7 Å². The Hall–Kier alpha value is -2.28. The molecule has 1 saturated heterocycles. The Kier molecular flexibility index (Phi) is 2.39. The summed E-state index contributed by atoms with van der Waals surface area (Å²) in [6.07, 6.45) is 6.21. The lowest BCUT2D eigenvalue weighted by Gasteiger charge is -2.16. The van der Waals surface area contributed by atoms with E-state index < -0.39 is 0 Å².